The molecule has 3 atom stereocenters. The van der Waals surface area contributed by atoms with Crippen LogP contribution in [0.25, 0.3) is 10.9 Å². The molecule has 2 bridgehead atoms. The number of amides is 2. The third kappa shape index (κ3) is 10.8. The normalized spacial score (nSPS) is 19.3. The molecule has 0 radical (unpaired) electrons. The van der Waals surface area contributed by atoms with Gasteiger partial charge in [0.1, 0.15) is 17.5 Å². The molecule has 2 amide bonds. The maximum absolute atomic E-state index is 14.0. The van der Waals surface area contributed by atoms with Crippen LogP contribution in [0.1, 0.15) is 100 Å². The zero-order valence-electron chi connectivity index (χ0n) is 37.5. The number of pyridine rings is 1. The molecule has 3 aromatic carbocycles. The monoisotopic (exact) mass is 868 g/mol. The number of piperidine rings is 3. The van der Waals surface area contributed by atoms with Crippen molar-refractivity contribution < 1.29 is 38.5 Å². The molecule has 4 N–H and O–H groups in total. The second-order valence-corrected chi connectivity index (χ2v) is 24.0. The number of aromatic amines is 1. The van der Waals surface area contributed by atoms with Gasteiger partial charge in [0.15, 0.2) is 8.32 Å². The summed E-state index contributed by atoms with van der Waals surface area (Å²) < 4.78 is 19.0. The SMILES string of the molecule is CC(C)(C)OC(=O)N(CCCCNC(=O)c1cccc(C(O)(C(=O)O[C@H]2CN3CCC2CC3)c2ccccc2)c1)C[C@H](O[Si](C)(C)C(C)(C)C)c1ccc(O)c2[nH]c(=O)ccc12. The summed E-state index contributed by atoms with van der Waals surface area (Å²) in [5.74, 6) is -0.960. The number of phenolic OH excluding ortho intramolecular Hbond substituents is 1. The molecule has 0 aliphatic carbocycles. The van der Waals surface area contributed by atoms with Crippen molar-refractivity contribution in [3.05, 3.63) is 111 Å². The minimum Gasteiger partial charge on any atom is -0.506 e. The summed E-state index contributed by atoms with van der Waals surface area (Å²) in [7, 11) is -2.46. The van der Waals surface area contributed by atoms with E-state index in [1.165, 1.54) is 18.2 Å². The van der Waals surface area contributed by atoms with Crippen LogP contribution >= 0.6 is 0 Å². The fourth-order valence-electron chi connectivity index (χ4n) is 8.02. The fourth-order valence-corrected chi connectivity index (χ4v) is 9.29. The number of phenols is 1. The Balaban J connectivity index is 1.16. The summed E-state index contributed by atoms with van der Waals surface area (Å²) >= 11 is 0. The van der Waals surface area contributed by atoms with Gasteiger partial charge in [-0.05, 0) is 119 Å². The van der Waals surface area contributed by atoms with Crippen LogP contribution in [0.2, 0.25) is 18.1 Å². The van der Waals surface area contributed by atoms with Crippen LogP contribution in [0.4, 0.5) is 4.79 Å². The van der Waals surface area contributed by atoms with Gasteiger partial charge in [-0.15, -0.1) is 0 Å². The largest absolute Gasteiger partial charge is 0.506 e. The van der Waals surface area contributed by atoms with Gasteiger partial charge in [0.2, 0.25) is 11.2 Å². The Bertz CT molecular complexity index is 2280. The molecule has 3 saturated heterocycles. The highest BCUT2D eigenvalue weighted by Crippen LogP contribution is 2.42. The Morgan fingerprint density at radius 1 is 0.919 bits per heavy atom. The lowest BCUT2D eigenvalue weighted by Crippen LogP contribution is -2.53. The predicted molar refractivity (Wildman–Crippen MR) is 242 cm³/mol. The fraction of sp³-hybridized carbons (Fsp3) is 0.500. The molecule has 1 unspecified atom stereocenters. The van der Waals surface area contributed by atoms with Crippen LogP contribution in [0.3, 0.4) is 0 Å². The number of hydrogen-bond donors (Lipinski definition) is 4. The highest BCUT2D eigenvalue weighted by atomic mass is 28.4. The van der Waals surface area contributed by atoms with Gasteiger partial charge < -0.3 is 39.3 Å². The number of nitrogens with one attached hydrogen (secondary N) is 2. The highest BCUT2D eigenvalue weighted by Gasteiger charge is 2.46. The lowest BCUT2D eigenvalue weighted by atomic mass is 9.84. The molecule has 3 aliphatic rings. The summed E-state index contributed by atoms with van der Waals surface area (Å²) in [6, 6.07) is 21.5. The number of ether oxygens (including phenoxy) is 2. The molecule has 7 rings (SSSR count). The van der Waals surface area contributed by atoms with Crippen molar-refractivity contribution in [2.45, 2.75) is 109 Å². The van der Waals surface area contributed by atoms with Crippen molar-refractivity contribution >= 4 is 37.2 Å². The standard InChI is InChI=1S/C48H64N4O9Si/c1-46(2,3)60-45(57)52(31-40(61-62(7,8)47(4,5)6)36-19-21-38(53)42-37(36)20-22-41(54)50-42)26-13-12-25-49-43(55)33-15-14-18-35(29-33)48(58,34-16-10-9-11-17-34)44(56)59-39-30-51-27-23-32(39)24-28-51/h9-11,14-22,29,32,39-40,53,58H,12-13,23-28,30-31H2,1-8H3,(H,49,55)(H,50,54)/t39-,40-,48?/m0/s1. The molecule has 14 heteroatoms. The van der Waals surface area contributed by atoms with Gasteiger partial charge in [0, 0.05) is 42.2 Å². The number of unbranched alkanes of at least 4 members (excludes halogenated alkanes) is 1. The number of hydrogen-bond acceptors (Lipinski definition) is 10. The molecule has 0 spiro atoms. The van der Waals surface area contributed by atoms with Crippen molar-refractivity contribution in [1.82, 2.24) is 20.1 Å². The average Bonchev–Trinajstić information content (AvgIpc) is 3.22. The molecule has 62 heavy (non-hydrogen) atoms. The van der Waals surface area contributed by atoms with Crippen LogP contribution < -0.4 is 10.9 Å². The van der Waals surface area contributed by atoms with Crippen LogP contribution in [0, 0.1) is 5.92 Å². The Morgan fingerprint density at radius 2 is 1.61 bits per heavy atom. The molecule has 4 heterocycles. The van der Waals surface area contributed by atoms with Gasteiger partial charge in [0.25, 0.3) is 5.91 Å². The van der Waals surface area contributed by atoms with E-state index in [2.05, 4.69) is 49.1 Å². The Morgan fingerprint density at radius 3 is 2.26 bits per heavy atom. The smallest absolute Gasteiger partial charge is 0.410 e. The molecular formula is C48H64N4O9Si. The number of aromatic hydroxyl groups is 1. The third-order valence-corrected chi connectivity index (χ3v) is 17.0. The van der Waals surface area contributed by atoms with E-state index in [-0.39, 0.29) is 70.6 Å². The summed E-state index contributed by atoms with van der Waals surface area (Å²) in [6.07, 6.45) is 1.46. The Labute approximate surface area is 365 Å². The summed E-state index contributed by atoms with van der Waals surface area (Å²) in [5, 5.41) is 26.4. The van der Waals surface area contributed by atoms with Crippen molar-refractivity contribution in [3.63, 3.8) is 0 Å². The van der Waals surface area contributed by atoms with Crippen LogP contribution in [0.15, 0.2) is 83.7 Å². The molecule has 334 valence electrons. The maximum atomic E-state index is 14.0. The van der Waals surface area contributed by atoms with E-state index in [1.807, 2.05) is 26.8 Å². The minimum absolute atomic E-state index is 0.0700. The van der Waals surface area contributed by atoms with E-state index in [9.17, 15) is 29.4 Å². The number of aliphatic hydroxyl groups is 1. The van der Waals surface area contributed by atoms with Crippen LogP contribution in [-0.2, 0) is 24.3 Å². The van der Waals surface area contributed by atoms with E-state index in [4.69, 9.17) is 13.9 Å². The van der Waals surface area contributed by atoms with E-state index < -0.39 is 37.7 Å². The minimum atomic E-state index is -2.46. The van der Waals surface area contributed by atoms with Crippen LogP contribution in [0.5, 0.6) is 5.75 Å². The first-order valence-corrected chi connectivity index (χ1v) is 24.7. The number of carbonyl (C=O) groups excluding carboxylic acids is 3. The first-order chi connectivity index (χ1) is 29.2. The summed E-state index contributed by atoms with van der Waals surface area (Å²) in [5.41, 5.74) is -1.39. The van der Waals surface area contributed by atoms with E-state index in [0.717, 1.165) is 25.9 Å². The second kappa shape index (κ2) is 18.8. The van der Waals surface area contributed by atoms with Crippen molar-refractivity contribution in [2.24, 2.45) is 5.92 Å². The van der Waals surface area contributed by atoms with E-state index >= 15 is 0 Å². The number of rotatable bonds is 15. The van der Waals surface area contributed by atoms with Crippen LogP contribution in [-0.4, -0.2) is 102 Å². The molecule has 13 nitrogen and oxygen atoms in total. The number of benzene rings is 3. The van der Waals surface area contributed by atoms with Crippen molar-refractivity contribution in [1.29, 1.82) is 0 Å². The molecule has 3 fully saturated rings. The van der Waals surface area contributed by atoms with Gasteiger partial charge in [-0.25, -0.2) is 9.59 Å². The number of fused-ring (bicyclic) bond motifs is 4. The molecular weight excluding hydrogens is 805 g/mol. The molecule has 4 aromatic rings. The van der Waals surface area contributed by atoms with E-state index in [1.54, 1.807) is 59.5 Å². The Kier molecular flexibility index (Phi) is 14.1. The number of aromatic nitrogens is 1. The zero-order valence-corrected chi connectivity index (χ0v) is 38.5. The summed E-state index contributed by atoms with van der Waals surface area (Å²) in [6.45, 7) is 19.4. The lowest BCUT2D eigenvalue weighted by Gasteiger charge is -2.44. The number of carbonyl (C=O) groups is 3. The van der Waals surface area contributed by atoms with Gasteiger partial charge in [-0.1, -0.05) is 69.3 Å². The maximum Gasteiger partial charge on any atom is 0.410 e. The van der Waals surface area contributed by atoms with E-state index in [0.29, 0.717) is 35.9 Å². The second-order valence-electron chi connectivity index (χ2n) is 19.3. The Hall–Kier alpha value is -5.02. The lowest BCUT2D eigenvalue weighted by molar-refractivity contribution is -0.177. The topological polar surface area (TPSA) is 171 Å². The average molecular weight is 869 g/mol. The molecule has 3 aliphatic heterocycles. The first-order valence-electron chi connectivity index (χ1n) is 21.8. The molecule has 0 saturated carbocycles. The highest BCUT2D eigenvalue weighted by molar-refractivity contribution is 6.74. The predicted octanol–water partition coefficient (Wildman–Crippen LogP) is 7.62. The molecule has 1 aromatic heterocycles. The summed E-state index contributed by atoms with van der Waals surface area (Å²) in [4.78, 5) is 60.4. The van der Waals surface area contributed by atoms with Crippen molar-refractivity contribution in [3.8, 4) is 5.75 Å². The van der Waals surface area contributed by atoms with Gasteiger partial charge in [-0.3, -0.25) is 14.5 Å². The number of nitrogens with zero attached hydrogens (tertiary/aromatic N) is 2. The van der Waals surface area contributed by atoms with Gasteiger partial charge >= 0.3 is 12.1 Å². The quantitative estimate of drug-likeness (QED) is 0.0530. The van der Waals surface area contributed by atoms with Crippen molar-refractivity contribution in [2.75, 3.05) is 39.3 Å². The first kappa shape index (κ1) is 46.5. The van der Waals surface area contributed by atoms with Gasteiger partial charge in [0.05, 0.1) is 18.2 Å². The number of esters is 1. The number of H-pyrrole nitrogens is 1. The van der Waals surface area contributed by atoms with Gasteiger partial charge in [-0.2, -0.15) is 0 Å². The third-order valence-electron chi connectivity index (χ3n) is 12.6. The zero-order chi connectivity index (χ0) is 45.0.